The summed E-state index contributed by atoms with van der Waals surface area (Å²) in [5.74, 6) is 0.466. The smallest absolute Gasteiger partial charge is 0.243 e. The second-order valence-electron chi connectivity index (χ2n) is 9.49. The highest BCUT2D eigenvalue weighted by Crippen LogP contribution is 2.38. The number of imidazole rings is 1. The zero-order valence-electron chi connectivity index (χ0n) is 19.2. The van der Waals surface area contributed by atoms with Gasteiger partial charge in [0, 0.05) is 29.9 Å². The molecule has 2 fully saturated rings. The van der Waals surface area contributed by atoms with Crippen molar-refractivity contribution in [2.75, 3.05) is 13.1 Å². The third-order valence-corrected chi connectivity index (χ3v) is 10.0. The molecule has 5 nitrogen and oxygen atoms in total. The first-order valence-corrected chi connectivity index (χ1v) is 14.7. The fraction of sp³-hybridized carbons (Fsp3) is 0.480. The average molecular weight is 522 g/mol. The number of piperidine rings is 1. The maximum atomic E-state index is 14.4. The van der Waals surface area contributed by atoms with E-state index in [4.69, 9.17) is 16.6 Å². The first-order chi connectivity index (χ1) is 16.3. The molecule has 2 aliphatic rings. The lowest BCUT2D eigenvalue weighted by Gasteiger charge is -2.30. The minimum absolute atomic E-state index is 0.297. The van der Waals surface area contributed by atoms with Crippen LogP contribution in [0, 0.1) is 11.7 Å². The third-order valence-electron chi connectivity index (χ3n) is 6.95. The Morgan fingerprint density at radius 3 is 2.65 bits per heavy atom. The molecule has 1 aliphatic carbocycles. The van der Waals surface area contributed by atoms with Gasteiger partial charge in [-0.1, -0.05) is 49.2 Å². The van der Waals surface area contributed by atoms with E-state index in [2.05, 4.69) is 11.5 Å². The van der Waals surface area contributed by atoms with Crippen molar-refractivity contribution in [3.8, 4) is 0 Å². The lowest BCUT2D eigenvalue weighted by molar-refractivity contribution is 0.281. The summed E-state index contributed by atoms with van der Waals surface area (Å²) < 4.78 is 44.9. The van der Waals surface area contributed by atoms with Crippen molar-refractivity contribution in [3.63, 3.8) is 0 Å². The first-order valence-electron chi connectivity index (χ1n) is 11.9. The highest BCUT2D eigenvalue weighted by atomic mass is 35.5. The number of rotatable bonds is 6. The summed E-state index contributed by atoms with van der Waals surface area (Å²) >= 11 is 7.38. The van der Waals surface area contributed by atoms with Crippen LogP contribution in [-0.2, 0) is 15.8 Å². The Morgan fingerprint density at radius 1 is 1.12 bits per heavy atom. The summed E-state index contributed by atoms with van der Waals surface area (Å²) in [5.41, 5.74) is 2.19. The van der Waals surface area contributed by atoms with Crippen LogP contribution in [0.3, 0.4) is 0 Å². The minimum atomic E-state index is -3.56. The van der Waals surface area contributed by atoms with E-state index in [0.29, 0.717) is 51.8 Å². The molecule has 9 heteroatoms. The molecule has 1 unspecified atom stereocenters. The van der Waals surface area contributed by atoms with Crippen LogP contribution < -0.4 is 0 Å². The van der Waals surface area contributed by atoms with E-state index in [0.717, 1.165) is 36.4 Å². The molecule has 5 rings (SSSR count). The number of halogens is 2. The maximum absolute atomic E-state index is 14.4. The first kappa shape index (κ1) is 24.1. The summed E-state index contributed by atoms with van der Waals surface area (Å²) in [6, 6.07) is 10.4. The van der Waals surface area contributed by atoms with E-state index in [-0.39, 0.29) is 5.82 Å². The van der Waals surface area contributed by atoms with E-state index in [9.17, 15) is 12.8 Å². The van der Waals surface area contributed by atoms with Crippen molar-refractivity contribution in [2.24, 2.45) is 5.92 Å². The van der Waals surface area contributed by atoms with E-state index in [1.165, 1.54) is 30.7 Å². The molecular formula is C25H29ClFN3O2S2. The third kappa shape index (κ3) is 4.74. The Morgan fingerprint density at radius 2 is 1.91 bits per heavy atom. The highest BCUT2D eigenvalue weighted by molar-refractivity contribution is 7.98. The number of benzene rings is 2. The molecule has 1 aromatic heterocycles. The molecule has 1 saturated heterocycles. The van der Waals surface area contributed by atoms with Crippen LogP contribution in [0.2, 0.25) is 5.02 Å². The zero-order valence-corrected chi connectivity index (χ0v) is 21.6. The van der Waals surface area contributed by atoms with Gasteiger partial charge >= 0.3 is 0 Å². The Hall–Kier alpha value is -1.61. The number of nitrogens with zero attached hydrogens (tertiary/aromatic N) is 3. The van der Waals surface area contributed by atoms with Gasteiger partial charge in [-0.15, -0.1) is 0 Å². The summed E-state index contributed by atoms with van der Waals surface area (Å²) in [6.45, 7) is 3.22. The van der Waals surface area contributed by atoms with E-state index in [1.807, 2.05) is 6.07 Å². The van der Waals surface area contributed by atoms with Crippen LogP contribution in [0.4, 0.5) is 4.39 Å². The number of aromatic nitrogens is 2. The number of fused-ring (bicyclic) bond motifs is 1. The van der Waals surface area contributed by atoms with Gasteiger partial charge in [0.25, 0.3) is 0 Å². The zero-order chi connectivity index (χ0) is 23.9. The van der Waals surface area contributed by atoms with Crippen molar-refractivity contribution >= 4 is 44.4 Å². The van der Waals surface area contributed by atoms with Gasteiger partial charge in [0.15, 0.2) is 5.16 Å². The Kier molecular flexibility index (Phi) is 6.95. The normalized spacial score (nSPS) is 20.4. The number of hydrogen-bond donors (Lipinski definition) is 0. The Balaban J connectivity index is 1.49. The summed E-state index contributed by atoms with van der Waals surface area (Å²) in [5, 5.41) is 1.18. The molecular weight excluding hydrogens is 493 g/mol. The van der Waals surface area contributed by atoms with Crippen LogP contribution in [-0.4, -0.2) is 35.4 Å². The molecule has 182 valence electrons. The SMILES string of the molecule is CC1CCCN(S(=O)(=O)c2ccc3c(c2)nc(SCc2ccc(Cl)cc2F)n3C2CCCC2)C1. The molecule has 0 bridgehead atoms. The van der Waals surface area contributed by atoms with Gasteiger partial charge in [0.2, 0.25) is 10.0 Å². The fourth-order valence-corrected chi connectivity index (χ4v) is 7.97. The van der Waals surface area contributed by atoms with Crippen LogP contribution in [0.1, 0.15) is 57.1 Å². The maximum Gasteiger partial charge on any atom is 0.243 e. The number of thioether (sulfide) groups is 1. The van der Waals surface area contributed by atoms with Gasteiger partial charge in [0.05, 0.1) is 15.9 Å². The van der Waals surface area contributed by atoms with Crippen LogP contribution >= 0.6 is 23.4 Å². The van der Waals surface area contributed by atoms with Crippen molar-refractivity contribution < 1.29 is 12.8 Å². The van der Waals surface area contributed by atoms with Gasteiger partial charge in [-0.2, -0.15) is 4.31 Å². The molecule has 0 amide bonds. The number of sulfonamides is 1. The Labute approximate surface area is 209 Å². The van der Waals surface area contributed by atoms with Gasteiger partial charge in [-0.3, -0.25) is 0 Å². The standard InChI is InChI=1S/C25H29ClFN3O2S2/c1-17-5-4-12-29(15-17)34(31,32)21-10-11-24-23(14-21)28-25(30(24)20-6-2-3-7-20)33-16-18-8-9-19(26)13-22(18)27/h8-11,13-14,17,20H,2-7,12,15-16H2,1H3. The predicted molar refractivity (Wildman–Crippen MR) is 135 cm³/mol. The molecule has 0 radical (unpaired) electrons. The Bertz CT molecular complexity index is 1300. The summed E-state index contributed by atoms with van der Waals surface area (Å²) in [7, 11) is -3.56. The molecule has 0 N–H and O–H groups in total. The topological polar surface area (TPSA) is 55.2 Å². The molecule has 1 aliphatic heterocycles. The largest absolute Gasteiger partial charge is 0.316 e. The van der Waals surface area contributed by atoms with Gasteiger partial charge < -0.3 is 4.57 Å². The second kappa shape index (κ2) is 9.80. The quantitative estimate of drug-likeness (QED) is 0.340. The van der Waals surface area contributed by atoms with Crippen molar-refractivity contribution in [3.05, 3.63) is 52.8 Å². The minimum Gasteiger partial charge on any atom is -0.316 e. The van der Waals surface area contributed by atoms with Crippen molar-refractivity contribution in [1.29, 1.82) is 0 Å². The lowest BCUT2D eigenvalue weighted by Crippen LogP contribution is -2.39. The van der Waals surface area contributed by atoms with E-state index >= 15 is 0 Å². The average Bonchev–Trinajstić information content (AvgIpc) is 3.45. The van der Waals surface area contributed by atoms with E-state index < -0.39 is 10.0 Å². The monoisotopic (exact) mass is 521 g/mol. The van der Waals surface area contributed by atoms with Crippen LogP contribution in [0.25, 0.3) is 11.0 Å². The molecule has 0 spiro atoms. The molecule has 2 heterocycles. The van der Waals surface area contributed by atoms with Crippen molar-refractivity contribution in [2.45, 2.75) is 67.3 Å². The van der Waals surface area contributed by atoms with Gasteiger partial charge in [-0.25, -0.2) is 17.8 Å². The summed E-state index contributed by atoms with van der Waals surface area (Å²) in [4.78, 5) is 5.14. The predicted octanol–water partition coefficient (Wildman–Crippen LogP) is 6.66. The molecule has 1 atom stereocenters. The van der Waals surface area contributed by atoms with Gasteiger partial charge in [0.1, 0.15) is 5.82 Å². The molecule has 1 saturated carbocycles. The number of hydrogen-bond acceptors (Lipinski definition) is 4. The summed E-state index contributed by atoms with van der Waals surface area (Å²) in [6.07, 6.45) is 6.42. The fourth-order valence-electron chi connectivity index (χ4n) is 5.13. The lowest BCUT2D eigenvalue weighted by atomic mass is 10.0. The molecule has 3 aromatic rings. The second-order valence-corrected chi connectivity index (χ2v) is 12.8. The molecule has 34 heavy (non-hydrogen) atoms. The van der Waals surface area contributed by atoms with Gasteiger partial charge in [-0.05, 0) is 67.5 Å². The van der Waals surface area contributed by atoms with Crippen LogP contribution in [0.5, 0.6) is 0 Å². The van der Waals surface area contributed by atoms with Crippen molar-refractivity contribution in [1.82, 2.24) is 13.9 Å². The van der Waals surface area contributed by atoms with E-state index in [1.54, 1.807) is 28.6 Å². The molecule has 2 aromatic carbocycles. The highest BCUT2D eigenvalue weighted by Gasteiger charge is 2.30. The van der Waals surface area contributed by atoms with Crippen LogP contribution in [0.15, 0.2) is 46.5 Å².